The van der Waals surface area contributed by atoms with Gasteiger partial charge in [0, 0.05) is 36.3 Å². The number of halogens is 2. The quantitative estimate of drug-likeness (QED) is 0.390. The molecule has 0 radical (unpaired) electrons. The molecule has 3 N–H and O–H groups in total. The second-order valence-corrected chi connectivity index (χ2v) is 7.84. The molecule has 158 valence electrons. The Balaban J connectivity index is 1.78. The molecular weight excluding hydrogens is 506 g/mol. The van der Waals surface area contributed by atoms with Crippen LogP contribution >= 0.6 is 22.6 Å². The summed E-state index contributed by atoms with van der Waals surface area (Å²) in [6, 6.07) is 2.60. The molecular formula is C19H20FIN6O3. The van der Waals surface area contributed by atoms with E-state index in [0.29, 0.717) is 47.2 Å². The van der Waals surface area contributed by atoms with Gasteiger partial charge >= 0.3 is 5.69 Å². The van der Waals surface area contributed by atoms with Crippen LogP contribution in [0, 0.1) is 5.82 Å². The van der Waals surface area contributed by atoms with E-state index in [4.69, 9.17) is 10.5 Å². The molecule has 0 spiro atoms. The summed E-state index contributed by atoms with van der Waals surface area (Å²) in [6.07, 6.45) is 2.98. The molecule has 11 heteroatoms. The molecule has 1 aromatic carbocycles. The summed E-state index contributed by atoms with van der Waals surface area (Å²) in [5.74, 6) is -1.17. The Morgan fingerprint density at radius 3 is 2.80 bits per heavy atom. The lowest BCUT2D eigenvalue weighted by Crippen LogP contribution is -2.30. The second-order valence-electron chi connectivity index (χ2n) is 7.07. The van der Waals surface area contributed by atoms with Crippen LogP contribution in [-0.4, -0.2) is 38.2 Å². The van der Waals surface area contributed by atoms with Crippen LogP contribution in [0.2, 0.25) is 0 Å². The molecule has 1 aliphatic heterocycles. The molecule has 2 aromatic heterocycles. The predicted octanol–water partition coefficient (Wildman–Crippen LogP) is 2.40. The van der Waals surface area contributed by atoms with E-state index in [0.717, 1.165) is 6.07 Å². The van der Waals surface area contributed by atoms with Crippen molar-refractivity contribution >= 4 is 51.3 Å². The summed E-state index contributed by atoms with van der Waals surface area (Å²) >= 11 is 2.07. The van der Waals surface area contributed by atoms with E-state index in [-0.39, 0.29) is 28.9 Å². The number of alkyl halides is 1. The third kappa shape index (κ3) is 3.67. The highest BCUT2D eigenvalue weighted by atomic mass is 127. The monoisotopic (exact) mass is 526 g/mol. The van der Waals surface area contributed by atoms with Crippen LogP contribution in [0.3, 0.4) is 0 Å². The molecule has 4 rings (SSSR count). The number of hydrogen-bond donors (Lipinski definition) is 2. The highest BCUT2D eigenvalue weighted by Crippen LogP contribution is 2.28. The number of primary amides is 1. The molecule has 1 aliphatic rings. The minimum absolute atomic E-state index is 0.0193. The van der Waals surface area contributed by atoms with Crippen LogP contribution < -0.4 is 16.7 Å². The van der Waals surface area contributed by atoms with Crippen LogP contribution in [0.4, 0.5) is 16.0 Å². The molecule has 3 aromatic rings. The predicted molar refractivity (Wildman–Crippen MR) is 118 cm³/mol. The largest absolute Gasteiger partial charge is 0.381 e. The van der Waals surface area contributed by atoms with E-state index >= 15 is 0 Å². The topological polar surface area (TPSA) is 117 Å². The zero-order valence-electron chi connectivity index (χ0n) is 16.2. The fourth-order valence-electron chi connectivity index (χ4n) is 3.63. The molecule has 3 heterocycles. The van der Waals surface area contributed by atoms with Gasteiger partial charge in [0.25, 0.3) is 0 Å². The van der Waals surface area contributed by atoms with E-state index in [1.165, 1.54) is 4.57 Å². The van der Waals surface area contributed by atoms with E-state index < -0.39 is 11.7 Å². The minimum Gasteiger partial charge on any atom is -0.381 e. The Bertz CT molecular complexity index is 1190. The third-order valence-electron chi connectivity index (χ3n) is 5.23. The number of ether oxygens (including phenoxy) is 1. The van der Waals surface area contributed by atoms with Crippen molar-refractivity contribution in [3.63, 3.8) is 0 Å². The van der Waals surface area contributed by atoms with Crippen LogP contribution in [0.25, 0.3) is 11.2 Å². The number of hydrogen-bond acceptors (Lipinski definition) is 6. The standard InChI is InChI=1S/C19H20FIN6O3/c1-26-14-9-23-18(24-15-11(8-21)6-10(16(22)28)7-13(15)20)25-17(14)27(19(26)29)12-2-4-30-5-3-12/h6-7,9,12H,2-5,8H2,1H3,(H2,22,28)(H,23,24,25). The lowest BCUT2D eigenvalue weighted by atomic mass is 10.1. The first-order chi connectivity index (χ1) is 14.4. The molecule has 1 amide bonds. The summed E-state index contributed by atoms with van der Waals surface area (Å²) in [5, 5.41) is 2.91. The van der Waals surface area contributed by atoms with Gasteiger partial charge in [-0.05, 0) is 30.5 Å². The van der Waals surface area contributed by atoms with E-state index in [1.54, 1.807) is 23.9 Å². The van der Waals surface area contributed by atoms with E-state index in [1.807, 2.05) is 0 Å². The Kier molecular flexibility index (Phi) is 5.73. The zero-order chi connectivity index (χ0) is 21.4. The van der Waals surface area contributed by atoms with Crippen molar-refractivity contribution in [2.75, 3.05) is 18.5 Å². The normalized spacial score (nSPS) is 14.9. The van der Waals surface area contributed by atoms with Crippen molar-refractivity contribution in [1.82, 2.24) is 19.1 Å². The number of nitrogens with zero attached hydrogens (tertiary/aromatic N) is 4. The summed E-state index contributed by atoms with van der Waals surface area (Å²) in [7, 11) is 1.67. The van der Waals surface area contributed by atoms with Gasteiger partial charge in [-0.15, -0.1) is 0 Å². The smallest absolute Gasteiger partial charge is 0.330 e. The second kappa shape index (κ2) is 8.30. The maximum atomic E-state index is 14.7. The molecule has 0 unspecified atom stereocenters. The maximum Gasteiger partial charge on any atom is 0.330 e. The van der Waals surface area contributed by atoms with Crippen molar-refractivity contribution in [3.05, 3.63) is 45.8 Å². The van der Waals surface area contributed by atoms with Crippen LogP contribution in [0.1, 0.15) is 34.8 Å². The van der Waals surface area contributed by atoms with Gasteiger partial charge in [0.1, 0.15) is 11.3 Å². The average molecular weight is 526 g/mol. The van der Waals surface area contributed by atoms with Gasteiger partial charge in [-0.25, -0.2) is 14.2 Å². The first-order valence-corrected chi connectivity index (χ1v) is 10.9. The Morgan fingerprint density at radius 1 is 1.40 bits per heavy atom. The number of benzene rings is 1. The molecule has 0 atom stereocenters. The van der Waals surface area contributed by atoms with Crippen LogP contribution in [-0.2, 0) is 16.2 Å². The number of carbonyl (C=O) groups excluding carboxylic acids is 1. The molecule has 0 aliphatic carbocycles. The summed E-state index contributed by atoms with van der Waals surface area (Å²) in [6.45, 7) is 1.17. The molecule has 1 fully saturated rings. The number of rotatable bonds is 5. The van der Waals surface area contributed by atoms with Crippen LogP contribution in [0.5, 0.6) is 0 Å². The Morgan fingerprint density at radius 2 is 2.13 bits per heavy atom. The number of aryl methyl sites for hydroxylation is 1. The number of aromatic nitrogens is 4. The molecule has 30 heavy (non-hydrogen) atoms. The first-order valence-electron chi connectivity index (χ1n) is 9.37. The molecule has 9 nitrogen and oxygen atoms in total. The van der Waals surface area contributed by atoms with Crippen molar-refractivity contribution in [2.45, 2.75) is 23.3 Å². The molecule has 1 saturated heterocycles. The van der Waals surface area contributed by atoms with E-state index in [2.05, 4.69) is 37.9 Å². The van der Waals surface area contributed by atoms with Gasteiger partial charge in [0.05, 0.1) is 11.9 Å². The maximum absolute atomic E-state index is 14.7. The van der Waals surface area contributed by atoms with Gasteiger partial charge in [-0.1, -0.05) is 22.6 Å². The zero-order valence-corrected chi connectivity index (χ0v) is 18.3. The Hall–Kier alpha value is -2.54. The van der Waals surface area contributed by atoms with Crippen molar-refractivity contribution in [1.29, 1.82) is 0 Å². The van der Waals surface area contributed by atoms with E-state index in [9.17, 15) is 14.0 Å². The number of anilines is 2. The average Bonchev–Trinajstić information content (AvgIpc) is 2.99. The van der Waals surface area contributed by atoms with Crippen LogP contribution in [0.15, 0.2) is 23.1 Å². The first kappa shape index (κ1) is 20.7. The SMILES string of the molecule is Cn1c(=O)n(C2CCOCC2)c2nc(Nc3c(F)cc(C(N)=O)cc3CI)ncc21. The fraction of sp³-hybridized carbons (Fsp3) is 0.368. The summed E-state index contributed by atoms with van der Waals surface area (Å²) in [4.78, 5) is 33.0. The number of nitrogens with one attached hydrogen (secondary N) is 1. The summed E-state index contributed by atoms with van der Waals surface area (Å²) in [5.41, 5.74) is 7.01. The van der Waals surface area contributed by atoms with Gasteiger partial charge in [-0.3, -0.25) is 13.9 Å². The van der Waals surface area contributed by atoms with Gasteiger partial charge in [-0.2, -0.15) is 4.98 Å². The fourth-order valence-corrected chi connectivity index (χ4v) is 4.23. The number of amides is 1. The number of fused-ring (bicyclic) bond motifs is 1. The highest BCUT2D eigenvalue weighted by molar-refractivity contribution is 14.1. The highest BCUT2D eigenvalue weighted by Gasteiger charge is 2.23. The number of nitrogens with two attached hydrogens (primary N) is 1. The lowest BCUT2D eigenvalue weighted by molar-refractivity contribution is 0.0695. The van der Waals surface area contributed by atoms with Gasteiger partial charge in [0.15, 0.2) is 5.65 Å². The number of carbonyl (C=O) groups is 1. The van der Waals surface area contributed by atoms with Gasteiger partial charge < -0.3 is 15.8 Å². The van der Waals surface area contributed by atoms with Crippen molar-refractivity contribution < 1.29 is 13.9 Å². The third-order valence-corrected chi connectivity index (χ3v) is 6.05. The molecule has 0 saturated carbocycles. The minimum atomic E-state index is -0.700. The summed E-state index contributed by atoms with van der Waals surface area (Å²) < 4.78 is 23.7. The number of imidazole rings is 1. The van der Waals surface area contributed by atoms with Crippen molar-refractivity contribution in [3.8, 4) is 0 Å². The van der Waals surface area contributed by atoms with Crippen molar-refractivity contribution in [2.24, 2.45) is 12.8 Å². The molecule has 0 bridgehead atoms. The Labute approximate surface area is 184 Å². The van der Waals surface area contributed by atoms with Gasteiger partial charge in [0.2, 0.25) is 11.9 Å². The lowest BCUT2D eigenvalue weighted by Gasteiger charge is -2.22.